The van der Waals surface area contributed by atoms with Crippen molar-refractivity contribution < 1.29 is 5.11 Å². The number of hydrogen-bond acceptors (Lipinski definition) is 1. The molecule has 52 valence electrons. The van der Waals surface area contributed by atoms with Gasteiger partial charge in [-0.2, -0.15) is 0 Å². The van der Waals surface area contributed by atoms with Gasteiger partial charge in [0.15, 0.2) is 0 Å². The van der Waals surface area contributed by atoms with Crippen LogP contribution >= 0.6 is 0 Å². The van der Waals surface area contributed by atoms with Gasteiger partial charge < -0.3 is 5.11 Å². The van der Waals surface area contributed by atoms with Crippen molar-refractivity contribution in [2.45, 2.75) is 39.2 Å². The van der Waals surface area contributed by atoms with E-state index < -0.39 is 0 Å². The summed E-state index contributed by atoms with van der Waals surface area (Å²) in [4.78, 5) is 0. The maximum atomic E-state index is 8.75. The zero-order valence-corrected chi connectivity index (χ0v) is 6.15. The molecular weight excluding hydrogens is 112 g/mol. The van der Waals surface area contributed by atoms with Crippen LogP contribution in [0.5, 0.6) is 0 Å². The molecule has 0 fully saturated rings. The van der Waals surface area contributed by atoms with Crippen molar-refractivity contribution >= 4 is 0 Å². The molecule has 0 aliphatic heterocycles. The van der Waals surface area contributed by atoms with E-state index in [1.54, 1.807) is 6.92 Å². The number of aliphatic hydroxyl groups excluding tert-OH is 1. The molecule has 0 heterocycles. The zero-order chi connectivity index (χ0) is 7.11. The second-order valence-electron chi connectivity index (χ2n) is 2.16. The number of rotatable bonds is 2. The highest BCUT2D eigenvalue weighted by Crippen LogP contribution is 1.87. The summed E-state index contributed by atoms with van der Waals surface area (Å²) in [5.74, 6) is 5.84. The fourth-order valence-corrected chi connectivity index (χ4v) is 0.433. The van der Waals surface area contributed by atoms with Gasteiger partial charge in [-0.15, -0.1) is 11.8 Å². The summed E-state index contributed by atoms with van der Waals surface area (Å²) in [6.07, 6.45) is 2.40. The van der Waals surface area contributed by atoms with Gasteiger partial charge in [0.2, 0.25) is 0 Å². The molecule has 0 unspecified atom stereocenters. The highest BCUT2D eigenvalue weighted by Gasteiger charge is 1.86. The fraction of sp³-hybridized carbons (Fsp3) is 0.750. The average Bonchev–Trinajstić information content (AvgIpc) is 1.80. The summed E-state index contributed by atoms with van der Waals surface area (Å²) in [7, 11) is 0. The van der Waals surface area contributed by atoms with Gasteiger partial charge in [-0.3, -0.25) is 0 Å². The van der Waals surface area contributed by atoms with Gasteiger partial charge in [0.05, 0.1) is 6.10 Å². The van der Waals surface area contributed by atoms with Crippen LogP contribution in [0.1, 0.15) is 33.1 Å². The first-order valence-electron chi connectivity index (χ1n) is 3.41. The van der Waals surface area contributed by atoms with Gasteiger partial charge >= 0.3 is 0 Å². The van der Waals surface area contributed by atoms with E-state index in [4.69, 9.17) is 5.11 Å². The lowest BCUT2D eigenvalue weighted by Gasteiger charge is -1.91. The first kappa shape index (κ1) is 8.52. The molecule has 0 aliphatic carbocycles. The van der Waals surface area contributed by atoms with E-state index in [1.807, 2.05) is 0 Å². The minimum atomic E-state index is -0.269. The van der Waals surface area contributed by atoms with Gasteiger partial charge in [-0.25, -0.2) is 0 Å². The van der Waals surface area contributed by atoms with Crippen LogP contribution in [-0.4, -0.2) is 11.2 Å². The Morgan fingerprint density at radius 1 is 1.44 bits per heavy atom. The Labute approximate surface area is 57.1 Å². The van der Waals surface area contributed by atoms with E-state index in [1.165, 1.54) is 0 Å². The number of hydrogen-bond donors (Lipinski definition) is 1. The van der Waals surface area contributed by atoms with Crippen LogP contribution in [0.15, 0.2) is 0 Å². The fourth-order valence-electron chi connectivity index (χ4n) is 0.433. The monoisotopic (exact) mass is 126 g/mol. The smallest absolute Gasteiger partial charge is 0.0621 e. The van der Waals surface area contributed by atoms with Crippen LogP contribution in [0.3, 0.4) is 0 Å². The molecule has 1 N–H and O–H groups in total. The topological polar surface area (TPSA) is 20.2 Å². The first-order chi connectivity index (χ1) is 4.27. The van der Waals surface area contributed by atoms with Gasteiger partial charge in [0.1, 0.15) is 0 Å². The van der Waals surface area contributed by atoms with Crippen LogP contribution in [0.25, 0.3) is 0 Å². The zero-order valence-electron chi connectivity index (χ0n) is 6.15. The Bertz CT molecular complexity index is 105. The summed E-state index contributed by atoms with van der Waals surface area (Å²) in [5.41, 5.74) is 0. The lowest BCUT2D eigenvalue weighted by molar-refractivity contribution is 0.201. The molecular formula is C8H14O. The minimum absolute atomic E-state index is 0.269. The second kappa shape index (κ2) is 5.65. The lowest BCUT2D eigenvalue weighted by atomic mass is 10.2. The molecule has 0 rings (SSSR count). The van der Waals surface area contributed by atoms with Crippen molar-refractivity contribution in [2.75, 3.05) is 0 Å². The summed E-state index contributed by atoms with van der Waals surface area (Å²) in [6, 6.07) is 0. The molecule has 0 amide bonds. The Kier molecular flexibility index (Phi) is 5.35. The molecule has 1 atom stereocenters. The van der Waals surface area contributed by atoms with Gasteiger partial charge in [0.25, 0.3) is 0 Å². The third-order valence-corrected chi connectivity index (χ3v) is 0.897. The molecule has 9 heavy (non-hydrogen) atoms. The van der Waals surface area contributed by atoms with Gasteiger partial charge in [-0.1, -0.05) is 6.92 Å². The Balaban J connectivity index is 3.16. The normalized spacial score (nSPS) is 11.9. The summed E-state index contributed by atoms with van der Waals surface area (Å²) in [6.45, 7) is 3.84. The minimum Gasteiger partial charge on any atom is -0.392 e. The molecule has 1 nitrogen and oxygen atoms in total. The number of unbranched alkanes of at least 4 members (excludes halogenated alkanes) is 1. The van der Waals surface area contributed by atoms with Crippen LogP contribution in [-0.2, 0) is 0 Å². The van der Waals surface area contributed by atoms with Crippen molar-refractivity contribution in [3.63, 3.8) is 0 Å². The molecule has 0 aliphatic rings. The third kappa shape index (κ3) is 7.52. The third-order valence-electron chi connectivity index (χ3n) is 0.897. The largest absolute Gasteiger partial charge is 0.392 e. The van der Waals surface area contributed by atoms with Crippen molar-refractivity contribution in [2.24, 2.45) is 0 Å². The van der Waals surface area contributed by atoms with Crippen LogP contribution in [0, 0.1) is 11.8 Å². The Hall–Kier alpha value is -0.480. The van der Waals surface area contributed by atoms with E-state index in [2.05, 4.69) is 18.8 Å². The van der Waals surface area contributed by atoms with E-state index in [-0.39, 0.29) is 6.10 Å². The molecule has 0 saturated carbocycles. The molecule has 0 aromatic heterocycles. The molecule has 0 aromatic rings. The Morgan fingerprint density at radius 3 is 2.56 bits per heavy atom. The second-order valence-corrected chi connectivity index (χ2v) is 2.16. The molecule has 0 bridgehead atoms. The van der Waals surface area contributed by atoms with Crippen molar-refractivity contribution in [1.82, 2.24) is 0 Å². The summed E-state index contributed by atoms with van der Waals surface area (Å²) in [5, 5.41) is 8.75. The van der Waals surface area contributed by atoms with Crippen molar-refractivity contribution in [3.05, 3.63) is 0 Å². The maximum absolute atomic E-state index is 8.75. The highest BCUT2D eigenvalue weighted by molar-refractivity contribution is 4.99. The van der Waals surface area contributed by atoms with Crippen molar-refractivity contribution in [1.29, 1.82) is 0 Å². The SMILES string of the molecule is CCCC#CC[C@@H](C)O. The molecule has 0 saturated heterocycles. The molecule has 0 radical (unpaired) electrons. The van der Waals surface area contributed by atoms with Crippen LogP contribution in [0.4, 0.5) is 0 Å². The lowest BCUT2D eigenvalue weighted by Crippen LogP contribution is -1.95. The number of aliphatic hydroxyl groups is 1. The van der Waals surface area contributed by atoms with E-state index in [9.17, 15) is 0 Å². The van der Waals surface area contributed by atoms with E-state index in [0.717, 1.165) is 12.8 Å². The van der Waals surface area contributed by atoms with Crippen LogP contribution < -0.4 is 0 Å². The molecule has 1 heteroatoms. The van der Waals surface area contributed by atoms with Gasteiger partial charge in [-0.05, 0) is 13.3 Å². The first-order valence-corrected chi connectivity index (χ1v) is 3.41. The van der Waals surface area contributed by atoms with E-state index >= 15 is 0 Å². The van der Waals surface area contributed by atoms with Crippen molar-refractivity contribution in [3.8, 4) is 11.8 Å². The summed E-state index contributed by atoms with van der Waals surface area (Å²) < 4.78 is 0. The predicted molar refractivity (Wildman–Crippen MR) is 39.0 cm³/mol. The van der Waals surface area contributed by atoms with E-state index in [0.29, 0.717) is 6.42 Å². The quantitative estimate of drug-likeness (QED) is 0.557. The highest BCUT2D eigenvalue weighted by atomic mass is 16.3. The average molecular weight is 126 g/mol. The summed E-state index contributed by atoms with van der Waals surface area (Å²) >= 11 is 0. The van der Waals surface area contributed by atoms with Gasteiger partial charge in [0, 0.05) is 12.8 Å². The predicted octanol–water partition coefficient (Wildman–Crippen LogP) is 1.56. The maximum Gasteiger partial charge on any atom is 0.0621 e. The Morgan fingerprint density at radius 2 is 2.11 bits per heavy atom. The molecule has 0 spiro atoms. The molecule has 0 aromatic carbocycles. The van der Waals surface area contributed by atoms with Crippen LogP contribution in [0.2, 0.25) is 0 Å². The standard InChI is InChI=1S/C8H14O/c1-3-4-5-6-7-8(2)9/h8-9H,3-4,7H2,1-2H3/t8-/m1/s1.